The third kappa shape index (κ3) is 2.47. The Morgan fingerprint density at radius 1 is 1.14 bits per heavy atom. The summed E-state index contributed by atoms with van der Waals surface area (Å²) in [5.41, 5.74) is 2.86. The molecule has 0 amide bonds. The minimum absolute atomic E-state index is 0.441. The lowest BCUT2D eigenvalue weighted by atomic mass is 9.79. The second kappa shape index (κ2) is 5.05. The summed E-state index contributed by atoms with van der Waals surface area (Å²) in [6, 6.07) is 0. The van der Waals surface area contributed by atoms with E-state index in [0.29, 0.717) is 5.41 Å². The smallest absolute Gasteiger partial charge is 0.225 e. The molecular formula is C16H22N6. The first kappa shape index (κ1) is 13.7. The number of rotatable bonds is 3. The number of nitrogens with zero attached hydrogens (tertiary/aromatic N) is 6. The summed E-state index contributed by atoms with van der Waals surface area (Å²) in [5.74, 6) is 0.877. The summed E-state index contributed by atoms with van der Waals surface area (Å²) in [6.07, 6.45) is 9.15. The Labute approximate surface area is 130 Å². The fourth-order valence-corrected chi connectivity index (χ4v) is 3.69. The summed E-state index contributed by atoms with van der Waals surface area (Å²) >= 11 is 0. The lowest BCUT2D eigenvalue weighted by Gasteiger charge is -2.48. The average Bonchev–Trinajstić information content (AvgIpc) is 3.06. The second-order valence-corrected chi connectivity index (χ2v) is 6.90. The van der Waals surface area contributed by atoms with Crippen LogP contribution in [0, 0.1) is 12.3 Å². The molecule has 22 heavy (non-hydrogen) atoms. The molecule has 4 heterocycles. The summed E-state index contributed by atoms with van der Waals surface area (Å²) in [6.45, 7) is 7.55. The Bertz CT molecular complexity index is 656. The molecule has 2 fully saturated rings. The van der Waals surface area contributed by atoms with Gasteiger partial charge in [-0.15, -0.1) is 0 Å². The molecular weight excluding hydrogens is 276 g/mol. The first-order chi connectivity index (χ1) is 10.6. The Morgan fingerprint density at radius 3 is 2.59 bits per heavy atom. The molecule has 0 N–H and O–H groups in total. The van der Waals surface area contributed by atoms with Crippen molar-refractivity contribution in [3.05, 3.63) is 35.9 Å². The van der Waals surface area contributed by atoms with Crippen molar-refractivity contribution in [3.63, 3.8) is 0 Å². The van der Waals surface area contributed by atoms with Gasteiger partial charge >= 0.3 is 0 Å². The molecule has 116 valence electrons. The van der Waals surface area contributed by atoms with Gasteiger partial charge in [0.05, 0.1) is 6.20 Å². The van der Waals surface area contributed by atoms with Crippen LogP contribution in [0.25, 0.3) is 0 Å². The highest BCUT2D eigenvalue weighted by molar-refractivity contribution is 5.37. The molecule has 0 aromatic carbocycles. The van der Waals surface area contributed by atoms with E-state index in [1.807, 2.05) is 37.2 Å². The fraction of sp³-hybridized carbons (Fsp3) is 0.562. The van der Waals surface area contributed by atoms with Gasteiger partial charge in [0.2, 0.25) is 5.95 Å². The minimum atomic E-state index is 0.441. The number of aryl methyl sites for hydroxylation is 2. The van der Waals surface area contributed by atoms with Crippen molar-refractivity contribution in [1.29, 1.82) is 0 Å². The van der Waals surface area contributed by atoms with E-state index < -0.39 is 0 Å². The molecule has 0 saturated carbocycles. The third-order valence-electron chi connectivity index (χ3n) is 4.78. The standard InChI is InChI=1S/C16H22N6/c1-13-5-17-15(18-6-13)22-11-16(12-22)3-4-21(10-16)9-14-7-19-20(2)8-14/h5-8H,3-4,9-12H2,1-2H3. The Balaban J connectivity index is 1.35. The maximum Gasteiger partial charge on any atom is 0.225 e. The first-order valence-electron chi connectivity index (χ1n) is 7.85. The molecule has 0 atom stereocenters. The predicted molar refractivity (Wildman–Crippen MR) is 84.5 cm³/mol. The normalized spacial score (nSPS) is 20.5. The van der Waals surface area contributed by atoms with Gasteiger partial charge in [-0.1, -0.05) is 0 Å². The molecule has 1 spiro atoms. The number of hydrogen-bond donors (Lipinski definition) is 0. The summed E-state index contributed by atoms with van der Waals surface area (Å²) in [7, 11) is 1.97. The lowest BCUT2D eigenvalue weighted by molar-refractivity contribution is 0.200. The molecule has 0 aliphatic carbocycles. The van der Waals surface area contributed by atoms with Crippen molar-refractivity contribution in [2.24, 2.45) is 12.5 Å². The van der Waals surface area contributed by atoms with Crippen LogP contribution >= 0.6 is 0 Å². The number of aromatic nitrogens is 4. The lowest BCUT2D eigenvalue weighted by Crippen LogP contribution is -2.58. The van der Waals surface area contributed by atoms with Crippen LogP contribution in [-0.4, -0.2) is 50.8 Å². The van der Waals surface area contributed by atoms with E-state index in [4.69, 9.17) is 0 Å². The topological polar surface area (TPSA) is 50.1 Å². The molecule has 2 aromatic heterocycles. The van der Waals surface area contributed by atoms with E-state index in [-0.39, 0.29) is 0 Å². The van der Waals surface area contributed by atoms with Crippen LogP contribution in [0.15, 0.2) is 24.8 Å². The molecule has 6 heteroatoms. The SMILES string of the molecule is Cc1cnc(N2CC3(CCN(Cc4cnn(C)c4)C3)C2)nc1. The van der Waals surface area contributed by atoms with E-state index in [2.05, 4.69) is 31.1 Å². The highest BCUT2D eigenvalue weighted by Crippen LogP contribution is 2.41. The van der Waals surface area contributed by atoms with Gasteiger partial charge in [-0.25, -0.2) is 9.97 Å². The van der Waals surface area contributed by atoms with Gasteiger partial charge in [-0.2, -0.15) is 5.10 Å². The molecule has 0 radical (unpaired) electrons. The van der Waals surface area contributed by atoms with Crippen molar-refractivity contribution in [2.45, 2.75) is 19.9 Å². The van der Waals surface area contributed by atoms with E-state index >= 15 is 0 Å². The highest BCUT2D eigenvalue weighted by atomic mass is 15.3. The largest absolute Gasteiger partial charge is 0.339 e. The highest BCUT2D eigenvalue weighted by Gasteiger charge is 2.48. The number of anilines is 1. The maximum atomic E-state index is 4.43. The predicted octanol–water partition coefficient (Wildman–Crippen LogP) is 1.23. The minimum Gasteiger partial charge on any atom is -0.339 e. The van der Waals surface area contributed by atoms with Crippen molar-refractivity contribution in [3.8, 4) is 0 Å². The van der Waals surface area contributed by atoms with Crippen LogP contribution < -0.4 is 4.90 Å². The van der Waals surface area contributed by atoms with Gasteiger partial charge in [-0.3, -0.25) is 9.58 Å². The fourth-order valence-electron chi connectivity index (χ4n) is 3.69. The van der Waals surface area contributed by atoms with Crippen molar-refractivity contribution in [2.75, 3.05) is 31.1 Å². The molecule has 2 aliphatic rings. The quantitative estimate of drug-likeness (QED) is 0.853. The van der Waals surface area contributed by atoms with Gasteiger partial charge in [-0.05, 0) is 25.5 Å². The van der Waals surface area contributed by atoms with E-state index in [0.717, 1.165) is 31.1 Å². The number of likely N-dealkylation sites (tertiary alicyclic amines) is 1. The van der Waals surface area contributed by atoms with Gasteiger partial charge < -0.3 is 4.90 Å². The molecule has 2 saturated heterocycles. The zero-order valence-electron chi connectivity index (χ0n) is 13.2. The van der Waals surface area contributed by atoms with Crippen LogP contribution in [0.3, 0.4) is 0 Å². The van der Waals surface area contributed by atoms with Gasteiger partial charge in [0, 0.05) is 62.8 Å². The van der Waals surface area contributed by atoms with Gasteiger partial charge in [0.15, 0.2) is 0 Å². The first-order valence-corrected chi connectivity index (χ1v) is 7.85. The van der Waals surface area contributed by atoms with Crippen LogP contribution in [0.2, 0.25) is 0 Å². The van der Waals surface area contributed by atoms with Gasteiger partial charge in [0.25, 0.3) is 0 Å². The molecule has 6 nitrogen and oxygen atoms in total. The van der Waals surface area contributed by atoms with Crippen LogP contribution in [0.4, 0.5) is 5.95 Å². The Morgan fingerprint density at radius 2 is 1.91 bits per heavy atom. The zero-order chi connectivity index (χ0) is 15.2. The average molecular weight is 298 g/mol. The molecule has 2 aliphatic heterocycles. The molecule has 0 unspecified atom stereocenters. The van der Waals surface area contributed by atoms with E-state index in [1.54, 1.807) is 0 Å². The van der Waals surface area contributed by atoms with Crippen LogP contribution in [-0.2, 0) is 13.6 Å². The molecule has 4 rings (SSSR count). The molecule has 0 bridgehead atoms. The second-order valence-electron chi connectivity index (χ2n) is 6.90. The zero-order valence-corrected chi connectivity index (χ0v) is 13.2. The van der Waals surface area contributed by atoms with Crippen molar-refractivity contribution >= 4 is 5.95 Å². The van der Waals surface area contributed by atoms with Crippen molar-refractivity contribution in [1.82, 2.24) is 24.6 Å². The number of hydrogen-bond acceptors (Lipinski definition) is 5. The monoisotopic (exact) mass is 298 g/mol. The van der Waals surface area contributed by atoms with E-state index in [9.17, 15) is 0 Å². The van der Waals surface area contributed by atoms with Crippen molar-refractivity contribution < 1.29 is 0 Å². The molecule has 2 aromatic rings. The van der Waals surface area contributed by atoms with E-state index in [1.165, 1.54) is 25.1 Å². The Kier molecular flexibility index (Phi) is 3.14. The summed E-state index contributed by atoms with van der Waals surface area (Å²) < 4.78 is 1.88. The summed E-state index contributed by atoms with van der Waals surface area (Å²) in [5, 5.41) is 4.25. The van der Waals surface area contributed by atoms with Crippen LogP contribution in [0.5, 0.6) is 0 Å². The third-order valence-corrected chi connectivity index (χ3v) is 4.78. The van der Waals surface area contributed by atoms with Crippen LogP contribution in [0.1, 0.15) is 17.5 Å². The summed E-state index contributed by atoms with van der Waals surface area (Å²) in [4.78, 5) is 13.7. The maximum absolute atomic E-state index is 4.43. The van der Waals surface area contributed by atoms with Gasteiger partial charge in [0.1, 0.15) is 0 Å². The Hall–Kier alpha value is -1.95.